The van der Waals surface area contributed by atoms with Crippen LogP contribution in [0.2, 0.25) is 0 Å². The second kappa shape index (κ2) is 9.13. The quantitative estimate of drug-likeness (QED) is 0.461. The summed E-state index contributed by atoms with van der Waals surface area (Å²) in [5.74, 6) is -0.222. The van der Waals surface area contributed by atoms with Crippen LogP contribution in [-0.4, -0.2) is 30.7 Å². The number of rotatable bonds is 6. The lowest BCUT2D eigenvalue weighted by molar-refractivity contribution is 0.0938. The molecule has 0 unspecified atom stereocenters. The molecule has 1 fully saturated rings. The minimum atomic E-state index is -0.430. The van der Waals surface area contributed by atoms with Gasteiger partial charge >= 0.3 is 5.69 Å². The molecular weight excluding hydrogens is 449 g/mol. The highest BCUT2D eigenvalue weighted by Crippen LogP contribution is 2.20. The molecule has 2 heterocycles. The molecule has 1 aliphatic rings. The third kappa shape index (κ3) is 4.38. The standard InChI is InChI=1S/C26H28FN5O3/c1-16(2)14-30-24(34)21-12-9-18(23(33)28-20-5-3-4-6-20)13-22(21)32-25(30)29-31(26(32)35)15-17-7-10-19(27)11-8-17/h7-13,16,20H,3-6,14-15H2,1-2H3,(H,28,33). The van der Waals surface area contributed by atoms with Crippen molar-refractivity contribution in [1.82, 2.24) is 24.1 Å². The number of hydrogen-bond donors (Lipinski definition) is 1. The fraction of sp³-hybridized carbons (Fsp3) is 0.385. The zero-order chi connectivity index (χ0) is 24.7. The fourth-order valence-corrected chi connectivity index (χ4v) is 4.79. The average Bonchev–Trinajstić information content (AvgIpc) is 3.45. The van der Waals surface area contributed by atoms with E-state index in [9.17, 15) is 18.8 Å². The summed E-state index contributed by atoms with van der Waals surface area (Å²) in [5, 5.41) is 7.89. The van der Waals surface area contributed by atoms with Crippen LogP contribution in [0.3, 0.4) is 0 Å². The Kier molecular flexibility index (Phi) is 6.00. The molecule has 0 bridgehead atoms. The molecule has 2 aromatic heterocycles. The summed E-state index contributed by atoms with van der Waals surface area (Å²) in [6.07, 6.45) is 4.11. The Morgan fingerprint density at radius 1 is 1.11 bits per heavy atom. The molecule has 0 spiro atoms. The summed E-state index contributed by atoms with van der Waals surface area (Å²) in [6.45, 7) is 4.48. The smallest absolute Gasteiger partial charge is 0.349 e. The number of benzene rings is 2. The summed E-state index contributed by atoms with van der Waals surface area (Å²) in [4.78, 5) is 39.8. The second-order valence-electron chi connectivity index (χ2n) is 9.70. The zero-order valence-corrected chi connectivity index (χ0v) is 19.8. The molecule has 0 saturated heterocycles. The predicted molar refractivity (Wildman–Crippen MR) is 131 cm³/mol. The van der Waals surface area contributed by atoms with Crippen LogP contribution in [0.1, 0.15) is 55.5 Å². The van der Waals surface area contributed by atoms with Crippen molar-refractivity contribution in [3.8, 4) is 0 Å². The van der Waals surface area contributed by atoms with E-state index < -0.39 is 5.69 Å². The minimum Gasteiger partial charge on any atom is -0.349 e. The number of nitrogens with zero attached hydrogens (tertiary/aromatic N) is 4. The van der Waals surface area contributed by atoms with Gasteiger partial charge in [0.25, 0.3) is 11.5 Å². The number of halogens is 1. The van der Waals surface area contributed by atoms with Crippen molar-refractivity contribution >= 4 is 22.6 Å². The maximum Gasteiger partial charge on any atom is 0.352 e. The van der Waals surface area contributed by atoms with E-state index in [2.05, 4.69) is 10.4 Å². The Morgan fingerprint density at radius 3 is 2.51 bits per heavy atom. The first-order valence-electron chi connectivity index (χ1n) is 12.0. The maximum absolute atomic E-state index is 13.5. The summed E-state index contributed by atoms with van der Waals surface area (Å²) in [5.41, 5.74) is 0.753. The van der Waals surface area contributed by atoms with Crippen molar-refractivity contribution in [2.75, 3.05) is 0 Å². The predicted octanol–water partition coefficient (Wildman–Crippen LogP) is 3.33. The highest BCUT2D eigenvalue weighted by atomic mass is 19.1. The van der Waals surface area contributed by atoms with Crippen LogP contribution < -0.4 is 16.6 Å². The van der Waals surface area contributed by atoms with Crippen LogP contribution in [0, 0.1) is 11.7 Å². The van der Waals surface area contributed by atoms with Gasteiger partial charge in [0.1, 0.15) is 5.82 Å². The molecule has 9 heteroatoms. The number of fused-ring (bicyclic) bond motifs is 3. The molecule has 8 nitrogen and oxygen atoms in total. The highest BCUT2D eigenvalue weighted by molar-refractivity contribution is 5.98. The van der Waals surface area contributed by atoms with Gasteiger partial charge in [0, 0.05) is 18.2 Å². The number of carbonyl (C=O) groups is 1. The zero-order valence-electron chi connectivity index (χ0n) is 19.8. The van der Waals surface area contributed by atoms with Gasteiger partial charge < -0.3 is 5.32 Å². The molecule has 1 saturated carbocycles. The molecule has 2 aromatic carbocycles. The Labute approximate surface area is 201 Å². The first-order valence-corrected chi connectivity index (χ1v) is 12.0. The number of nitrogens with one attached hydrogen (secondary N) is 1. The molecule has 0 atom stereocenters. The monoisotopic (exact) mass is 477 g/mol. The van der Waals surface area contributed by atoms with Gasteiger partial charge in [-0.05, 0) is 54.7 Å². The van der Waals surface area contributed by atoms with E-state index in [4.69, 9.17) is 0 Å². The van der Waals surface area contributed by atoms with E-state index in [-0.39, 0.29) is 41.6 Å². The van der Waals surface area contributed by atoms with Crippen LogP contribution >= 0.6 is 0 Å². The van der Waals surface area contributed by atoms with Gasteiger partial charge in [-0.25, -0.2) is 18.3 Å². The Bertz CT molecular complexity index is 1530. The second-order valence-corrected chi connectivity index (χ2v) is 9.70. The van der Waals surface area contributed by atoms with Crippen LogP contribution in [-0.2, 0) is 13.1 Å². The van der Waals surface area contributed by atoms with Crippen LogP contribution in [0.5, 0.6) is 0 Å². The molecule has 182 valence electrons. The molecule has 1 aliphatic carbocycles. The van der Waals surface area contributed by atoms with E-state index >= 15 is 0 Å². The van der Waals surface area contributed by atoms with Crippen LogP contribution in [0.4, 0.5) is 4.39 Å². The average molecular weight is 478 g/mol. The van der Waals surface area contributed by atoms with E-state index in [1.165, 1.54) is 25.8 Å². The van der Waals surface area contributed by atoms with Gasteiger partial charge in [0.05, 0.1) is 17.4 Å². The van der Waals surface area contributed by atoms with E-state index in [1.807, 2.05) is 13.8 Å². The third-order valence-corrected chi connectivity index (χ3v) is 6.52. The van der Waals surface area contributed by atoms with Gasteiger partial charge in [0.2, 0.25) is 5.78 Å². The summed E-state index contributed by atoms with van der Waals surface area (Å²) >= 11 is 0. The molecular formula is C26H28FN5O3. The molecule has 1 amide bonds. The fourth-order valence-electron chi connectivity index (χ4n) is 4.79. The van der Waals surface area contributed by atoms with Gasteiger partial charge in [-0.15, -0.1) is 5.10 Å². The Balaban J connectivity index is 1.67. The van der Waals surface area contributed by atoms with Crippen LogP contribution in [0.25, 0.3) is 16.7 Å². The first-order chi connectivity index (χ1) is 16.8. The molecule has 35 heavy (non-hydrogen) atoms. The SMILES string of the molecule is CC(C)Cn1c(=O)c2ccc(C(=O)NC3CCCC3)cc2n2c(=O)n(Cc3ccc(F)cc3)nc12. The summed E-state index contributed by atoms with van der Waals surface area (Å²) in [7, 11) is 0. The number of hydrogen-bond acceptors (Lipinski definition) is 4. The molecule has 0 aliphatic heterocycles. The molecule has 1 N–H and O–H groups in total. The first kappa shape index (κ1) is 23.0. The van der Waals surface area contributed by atoms with Crippen molar-refractivity contribution in [1.29, 1.82) is 0 Å². The Hall–Kier alpha value is -3.75. The van der Waals surface area contributed by atoms with Gasteiger partial charge in [-0.2, -0.15) is 0 Å². The van der Waals surface area contributed by atoms with Crippen molar-refractivity contribution in [3.05, 3.63) is 80.2 Å². The summed E-state index contributed by atoms with van der Waals surface area (Å²) in [6, 6.07) is 10.8. The number of amides is 1. The van der Waals surface area contributed by atoms with E-state index in [0.717, 1.165) is 25.7 Å². The van der Waals surface area contributed by atoms with Crippen molar-refractivity contribution in [2.24, 2.45) is 5.92 Å². The normalized spacial score (nSPS) is 14.4. The van der Waals surface area contributed by atoms with Gasteiger partial charge in [-0.3, -0.25) is 14.2 Å². The third-order valence-electron chi connectivity index (χ3n) is 6.52. The molecule has 5 rings (SSSR count). The number of aromatic nitrogens is 4. The lowest BCUT2D eigenvalue weighted by atomic mass is 10.1. The van der Waals surface area contributed by atoms with Crippen molar-refractivity contribution in [2.45, 2.75) is 58.7 Å². The molecule has 0 radical (unpaired) electrons. The largest absolute Gasteiger partial charge is 0.352 e. The highest BCUT2D eigenvalue weighted by Gasteiger charge is 2.21. The van der Waals surface area contributed by atoms with E-state index in [0.29, 0.717) is 28.6 Å². The lowest BCUT2D eigenvalue weighted by Crippen LogP contribution is -2.33. The molecule has 4 aromatic rings. The minimum absolute atomic E-state index is 0.125. The summed E-state index contributed by atoms with van der Waals surface area (Å²) < 4.78 is 17.5. The van der Waals surface area contributed by atoms with Crippen LogP contribution in [0.15, 0.2) is 52.1 Å². The Morgan fingerprint density at radius 2 is 1.83 bits per heavy atom. The van der Waals surface area contributed by atoms with Crippen molar-refractivity contribution < 1.29 is 9.18 Å². The topological polar surface area (TPSA) is 90.4 Å². The lowest BCUT2D eigenvalue weighted by Gasteiger charge is -2.14. The van der Waals surface area contributed by atoms with Gasteiger partial charge in [0.15, 0.2) is 0 Å². The number of carbonyl (C=O) groups excluding carboxylic acids is 1. The maximum atomic E-state index is 13.5. The van der Waals surface area contributed by atoms with Crippen molar-refractivity contribution in [3.63, 3.8) is 0 Å². The van der Waals surface area contributed by atoms with E-state index in [1.54, 1.807) is 30.3 Å². The van der Waals surface area contributed by atoms with Gasteiger partial charge in [-0.1, -0.05) is 38.8 Å².